The molecule has 32 heavy (non-hydrogen) atoms. The minimum Gasteiger partial charge on any atom is -0.353 e. The zero-order valence-corrected chi connectivity index (χ0v) is 18.3. The Morgan fingerprint density at radius 1 is 1.03 bits per heavy atom. The standard InChI is InChI=1S/C25H28N4O3/c1-17-8-2-5-11-19(17)28-24(31)16-29-22-13-7-6-12-20(22)27-21(25(29)32)14-15-23(30)26-18-9-3-4-10-18/h2,5-8,11-13,18H,3-4,9-10,14-16H2,1H3,(H,26,30)(H,28,31). The van der Waals surface area contributed by atoms with Crippen molar-refractivity contribution in [1.29, 1.82) is 0 Å². The van der Waals surface area contributed by atoms with Crippen LogP contribution in [0.3, 0.4) is 0 Å². The molecule has 0 spiro atoms. The highest BCUT2D eigenvalue weighted by atomic mass is 16.2. The molecule has 1 aromatic heterocycles. The van der Waals surface area contributed by atoms with Crippen LogP contribution in [0.5, 0.6) is 0 Å². The van der Waals surface area contributed by atoms with Gasteiger partial charge in [-0.3, -0.25) is 19.0 Å². The molecule has 0 aliphatic heterocycles. The number of hydrogen-bond donors (Lipinski definition) is 2. The zero-order chi connectivity index (χ0) is 22.5. The lowest BCUT2D eigenvalue weighted by Crippen LogP contribution is -2.34. The summed E-state index contributed by atoms with van der Waals surface area (Å²) in [7, 11) is 0. The summed E-state index contributed by atoms with van der Waals surface area (Å²) in [6.07, 6.45) is 4.76. The van der Waals surface area contributed by atoms with Crippen LogP contribution in [-0.4, -0.2) is 27.4 Å². The van der Waals surface area contributed by atoms with E-state index in [4.69, 9.17) is 0 Å². The third kappa shape index (κ3) is 5.04. The topological polar surface area (TPSA) is 93.1 Å². The smallest absolute Gasteiger partial charge is 0.273 e. The van der Waals surface area contributed by atoms with E-state index in [9.17, 15) is 14.4 Å². The maximum Gasteiger partial charge on any atom is 0.273 e. The molecule has 1 heterocycles. The highest BCUT2D eigenvalue weighted by Crippen LogP contribution is 2.18. The van der Waals surface area contributed by atoms with Crippen LogP contribution in [0.4, 0.5) is 5.69 Å². The minimum absolute atomic E-state index is 0.0601. The van der Waals surface area contributed by atoms with Crippen LogP contribution in [-0.2, 0) is 22.6 Å². The Kier molecular flexibility index (Phi) is 6.63. The second kappa shape index (κ2) is 9.77. The van der Waals surface area contributed by atoms with Crippen LogP contribution in [0.1, 0.15) is 43.4 Å². The SMILES string of the molecule is Cc1ccccc1NC(=O)Cn1c(=O)c(CCC(=O)NC2CCCC2)nc2ccccc21. The molecule has 4 rings (SSSR count). The first-order chi connectivity index (χ1) is 15.5. The molecule has 2 N–H and O–H groups in total. The molecule has 7 heteroatoms. The molecule has 0 bridgehead atoms. The largest absolute Gasteiger partial charge is 0.353 e. The summed E-state index contributed by atoms with van der Waals surface area (Å²) in [5.41, 5.74) is 2.85. The Balaban J connectivity index is 1.54. The van der Waals surface area contributed by atoms with Gasteiger partial charge >= 0.3 is 0 Å². The van der Waals surface area contributed by atoms with Crippen molar-refractivity contribution in [3.8, 4) is 0 Å². The average molecular weight is 433 g/mol. The van der Waals surface area contributed by atoms with E-state index < -0.39 is 0 Å². The first kappa shape index (κ1) is 21.7. The Morgan fingerprint density at radius 2 is 1.75 bits per heavy atom. The van der Waals surface area contributed by atoms with E-state index in [1.54, 1.807) is 6.07 Å². The summed E-state index contributed by atoms with van der Waals surface area (Å²) in [5.74, 6) is -0.349. The van der Waals surface area contributed by atoms with E-state index in [2.05, 4.69) is 15.6 Å². The second-order valence-electron chi connectivity index (χ2n) is 8.35. The third-order valence-electron chi connectivity index (χ3n) is 5.95. The second-order valence-corrected chi connectivity index (χ2v) is 8.35. The van der Waals surface area contributed by atoms with Gasteiger partial charge in [-0.25, -0.2) is 4.98 Å². The van der Waals surface area contributed by atoms with Crippen LogP contribution in [0.15, 0.2) is 53.3 Å². The van der Waals surface area contributed by atoms with Gasteiger partial charge in [-0.15, -0.1) is 0 Å². The molecule has 166 valence electrons. The number of fused-ring (bicyclic) bond motifs is 1. The van der Waals surface area contributed by atoms with E-state index >= 15 is 0 Å². The van der Waals surface area contributed by atoms with Gasteiger partial charge in [-0.05, 0) is 43.5 Å². The molecule has 0 saturated heterocycles. The number of benzene rings is 2. The minimum atomic E-state index is -0.336. The van der Waals surface area contributed by atoms with Gasteiger partial charge in [0.25, 0.3) is 5.56 Å². The summed E-state index contributed by atoms with van der Waals surface area (Å²) in [4.78, 5) is 42.8. The molecule has 0 atom stereocenters. The van der Waals surface area contributed by atoms with Gasteiger partial charge < -0.3 is 10.6 Å². The molecule has 0 unspecified atom stereocenters. The summed E-state index contributed by atoms with van der Waals surface area (Å²) in [6.45, 7) is 1.79. The van der Waals surface area contributed by atoms with E-state index in [0.29, 0.717) is 22.4 Å². The number of aromatic nitrogens is 2. The molecule has 1 aliphatic carbocycles. The van der Waals surface area contributed by atoms with Crippen LogP contribution in [0.2, 0.25) is 0 Å². The fourth-order valence-corrected chi connectivity index (χ4v) is 4.21. The monoisotopic (exact) mass is 432 g/mol. The highest BCUT2D eigenvalue weighted by molar-refractivity contribution is 5.92. The Bertz CT molecular complexity index is 1200. The van der Waals surface area contributed by atoms with E-state index in [1.165, 1.54) is 4.57 Å². The van der Waals surface area contributed by atoms with Gasteiger partial charge in [0.15, 0.2) is 0 Å². The number of amides is 2. The molecule has 3 aromatic rings. The van der Waals surface area contributed by atoms with Gasteiger partial charge in [-0.2, -0.15) is 0 Å². The van der Waals surface area contributed by atoms with Crippen molar-refractivity contribution < 1.29 is 9.59 Å². The summed E-state index contributed by atoms with van der Waals surface area (Å²) in [5, 5.41) is 5.92. The van der Waals surface area contributed by atoms with Gasteiger partial charge in [0.05, 0.1) is 11.0 Å². The van der Waals surface area contributed by atoms with Crippen molar-refractivity contribution in [2.75, 3.05) is 5.32 Å². The fraction of sp³-hybridized carbons (Fsp3) is 0.360. The molecular formula is C25H28N4O3. The summed E-state index contributed by atoms with van der Waals surface area (Å²) < 4.78 is 1.44. The van der Waals surface area contributed by atoms with Crippen LogP contribution in [0.25, 0.3) is 11.0 Å². The number of anilines is 1. The molecule has 2 amide bonds. The van der Waals surface area contributed by atoms with Crippen LogP contribution in [0, 0.1) is 6.92 Å². The van der Waals surface area contributed by atoms with Crippen LogP contribution >= 0.6 is 0 Å². The third-order valence-corrected chi connectivity index (χ3v) is 5.95. The first-order valence-electron chi connectivity index (χ1n) is 11.1. The van der Waals surface area contributed by atoms with Crippen molar-refractivity contribution in [3.63, 3.8) is 0 Å². The number of para-hydroxylation sites is 3. The Labute approximate surface area is 186 Å². The lowest BCUT2D eigenvalue weighted by molar-refractivity contribution is -0.121. The van der Waals surface area contributed by atoms with E-state index in [-0.39, 0.29) is 42.8 Å². The highest BCUT2D eigenvalue weighted by Gasteiger charge is 2.19. The number of carbonyl (C=O) groups excluding carboxylic acids is 2. The number of rotatable bonds is 7. The Hall–Kier alpha value is -3.48. The molecule has 7 nitrogen and oxygen atoms in total. The maximum atomic E-state index is 13.2. The predicted molar refractivity (Wildman–Crippen MR) is 125 cm³/mol. The van der Waals surface area contributed by atoms with E-state index in [0.717, 1.165) is 31.2 Å². The number of nitrogens with zero attached hydrogens (tertiary/aromatic N) is 2. The normalized spacial score (nSPS) is 13.9. The lowest BCUT2D eigenvalue weighted by atomic mass is 10.2. The zero-order valence-electron chi connectivity index (χ0n) is 18.3. The number of aryl methyl sites for hydroxylation is 2. The molecule has 1 fully saturated rings. The number of carbonyl (C=O) groups is 2. The molecule has 0 radical (unpaired) electrons. The van der Waals surface area contributed by atoms with Crippen molar-refractivity contribution in [1.82, 2.24) is 14.9 Å². The average Bonchev–Trinajstić information content (AvgIpc) is 3.29. The van der Waals surface area contributed by atoms with Gasteiger partial charge in [0.1, 0.15) is 12.2 Å². The predicted octanol–water partition coefficient (Wildman–Crippen LogP) is 3.34. The first-order valence-corrected chi connectivity index (χ1v) is 11.1. The van der Waals surface area contributed by atoms with Gasteiger partial charge in [0.2, 0.25) is 11.8 Å². The summed E-state index contributed by atoms with van der Waals surface area (Å²) >= 11 is 0. The Morgan fingerprint density at radius 3 is 2.53 bits per heavy atom. The van der Waals surface area contributed by atoms with Gasteiger partial charge in [0, 0.05) is 24.6 Å². The van der Waals surface area contributed by atoms with Crippen molar-refractivity contribution in [2.24, 2.45) is 0 Å². The molecule has 1 aliphatic rings. The van der Waals surface area contributed by atoms with E-state index in [1.807, 2.05) is 49.4 Å². The van der Waals surface area contributed by atoms with Gasteiger partial charge in [-0.1, -0.05) is 43.2 Å². The van der Waals surface area contributed by atoms with Crippen molar-refractivity contribution in [2.45, 2.75) is 58.0 Å². The van der Waals surface area contributed by atoms with Crippen LogP contribution < -0.4 is 16.2 Å². The summed E-state index contributed by atoms with van der Waals surface area (Å²) in [6, 6.07) is 15.0. The molecular weight excluding hydrogens is 404 g/mol. The fourth-order valence-electron chi connectivity index (χ4n) is 4.21. The molecule has 1 saturated carbocycles. The maximum absolute atomic E-state index is 13.2. The molecule has 2 aromatic carbocycles. The van der Waals surface area contributed by atoms with Crippen molar-refractivity contribution in [3.05, 3.63) is 70.1 Å². The quantitative estimate of drug-likeness (QED) is 0.599. The van der Waals surface area contributed by atoms with Crippen molar-refractivity contribution >= 4 is 28.5 Å². The number of nitrogens with one attached hydrogen (secondary N) is 2. The lowest BCUT2D eigenvalue weighted by Gasteiger charge is -2.14. The number of hydrogen-bond acceptors (Lipinski definition) is 4.